The summed E-state index contributed by atoms with van der Waals surface area (Å²) in [7, 11) is 1.42. The Hall–Kier alpha value is -3.06. The molecule has 1 aliphatic heterocycles. The first-order valence-electron chi connectivity index (χ1n) is 9.32. The molecule has 0 aliphatic carbocycles. The van der Waals surface area contributed by atoms with E-state index in [-0.39, 0.29) is 23.7 Å². The Labute approximate surface area is 169 Å². The zero-order chi connectivity index (χ0) is 20.8. The molecule has 0 saturated carbocycles. The fourth-order valence-electron chi connectivity index (χ4n) is 3.23. The van der Waals surface area contributed by atoms with Crippen LogP contribution in [0.3, 0.4) is 0 Å². The average Bonchev–Trinajstić information content (AvgIpc) is 2.74. The minimum absolute atomic E-state index is 0.0256. The predicted molar refractivity (Wildman–Crippen MR) is 107 cm³/mol. The van der Waals surface area contributed by atoms with E-state index in [1.807, 2.05) is 6.07 Å². The van der Waals surface area contributed by atoms with Gasteiger partial charge in [-0.05, 0) is 30.2 Å². The number of allylic oxidation sites excluding steroid dienone is 1. The minimum Gasteiger partial charge on any atom is -0.500 e. The molecule has 1 aliphatic rings. The Bertz CT molecular complexity index is 906. The van der Waals surface area contributed by atoms with Crippen molar-refractivity contribution in [3.05, 3.63) is 65.2 Å². The van der Waals surface area contributed by atoms with E-state index in [2.05, 4.69) is 4.90 Å². The van der Waals surface area contributed by atoms with Crippen molar-refractivity contribution in [2.24, 2.45) is 0 Å². The molecule has 1 heterocycles. The number of carboxylic acids is 1. The van der Waals surface area contributed by atoms with Gasteiger partial charge in [0.1, 0.15) is 17.9 Å². The van der Waals surface area contributed by atoms with Crippen LogP contribution in [0.15, 0.2) is 48.2 Å². The summed E-state index contributed by atoms with van der Waals surface area (Å²) < 4.78 is 30.7. The minimum atomic E-state index is -1.10. The highest BCUT2D eigenvalue weighted by Gasteiger charge is 2.19. The monoisotopic (exact) mass is 401 g/mol. The van der Waals surface area contributed by atoms with Crippen LogP contribution in [0.5, 0.6) is 5.75 Å². The number of anilines is 1. The summed E-state index contributed by atoms with van der Waals surface area (Å²) in [4.78, 5) is 13.8. The highest BCUT2D eigenvalue weighted by atomic mass is 19.1. The van der Waals surface area contributed by atoms with E-state index >= 15 is 0 Å². The third-order valence-electron chi connectivity index (χ3n) is 4.83. The fraction of sp³-hybridized carbons (Fsp3) is 0.318. The Morgan fingerprint density at radius 2 is 1.93 bits per heavy atom. The van der Waals surface area contributed by atoms with Gasteiger partial charge in [0.05, 0.1) is 20.3 Å². The van der Waals surface area contributed by atoms with Gasteiger partial charge in [0.2, 0.25) is 0 Å². The zero-order valence-corrected chi connectivity index (χ0v) is 16.5. The van der Waals surface area contributed by atoms with Gasteiger partial charge in [-0.15, -0.1) is 0 Å². The van der Waals surface area contributed by atoms with Gasteiger partial charge >= 0.3 is 5.97 Å². The largest absolute Gasteiger partial charge is 0.500 e. The molecule has 29 heavy (non-hydrogen) atoms. The third-order valence-corrected chi connectivity index (χ3v) is 4.83. The molecule has 1 N–H and O–H groups in total. The van der Waals surface area contributed by atoms with Crippen LogP contribution in [0, 0.1) is 5.82 Å². The number of carbonyl (C=O) groups is 1. The van der Waals surface area contributed by atoms with Crippen molar-refractivity contribution in [1.82, 2.24) is 0 Å². The van der Waals surface area contributed by atoms with Crippen molar-refractivity contribution in [3.63, 3.8) is 0 Å². The van der Waals surface area contributed by atoms with Gasteiger partial charge in [-0.25, -0.2) is 9.18 Å². The summed E-state index contributed by atoms with van der Waals surface area (Å²) in [5, 5.41) is 9.58. The molecule has 2 aromatic rings. The second kappa shape index (κ2) is 9.43. The van der Waals surface area contributed by atoms with Crippen molar-refractivity contribution >= 4 is 17.2 Å². The molecule has 1 fully saturated rings. The van der Waals surface area contributed by atoms with Crippen molar-refractivity contribution in [3.8, 4) is 5.75 Å². The number of halogens is 1. The smallest absolute Gasteiger partial charge is 0.339 e. The standard InChI is InChI=1S/C22H24FNO5/c1-15(27-2)21(22(25)26)18-6-4-3-5-16(18)14-29-20-8-7-17(13-19(20)23)24-9-11-28-12-10-24/h3-8,13H,9-12,14H2,1-2H3,(H,25,26). The lowest BCUT2D eigenvalue weighted by Gasteiger charge is -2.29. The highest BCUT2D eigenvalue weighted by molar-refractivity contribution is 6.16. The molecule has 0 amide bonds. The molecular formula is C22H24FNO5. The molecule has 3 rings (SSSR count). The lowest BCUT2D eigenvalue weighted by Crippen LogP contribution is -2.36. The molecule has 0 atom stereocenters. The second-order valence-electron chi connectivity index (χ2n) is 6.60. The number of carboxylic acid groups (broad SMARTS) is 1. The lowest BCUT2D eigenvalue weighted by molar-refractivity contribution is -0.130. The van der Waals surface area contributed by atoms with Crippen LogP contribution in [0.4, 0.5) is 10.1 Å². The maximum absolute atomic E-state index is 14.6. The van der Waals surface area contributed by atoms with Crippen LogP contribution in [0.1, 0.15) is 18.1 Å². The molecule has 7 heteroatoms. The van der Waals surface area contributed by atoms with Gasteiger partial charge in [0, 0.05) is 24.8 Å². The van der Waals surface area contributed by atoms with Crippen molar-refractivity contribution in [2.45, 2.75) is 13.5 Å². The number of methoxy groups -OCH3 is 1. The van der Waals surface area contributed by atoms with Crippen molar-refractivity contribution < 1.29 is 28.5 Å². The van der Waals surface area contributed by atoms with Gasteiger partial charge in [-0.2, -0.15) is 0 Å². The second-order valence-corrected chi connectivity index (χ2v) is 6.60. The van der Waals surface area contributed by atoms with Gasteiger partial charge in [0.15, 0.2) is 11.6 Å². The van der Waals surface area contributed by atoms with Gasteiger partial charge in [-0.3, -0.25) is 0 Å². The van der Waals surface area contributed by atoms with Crippen molar-refractivity contribution in [1.29, 1.82) is 0 Å². The first-order valence-corrected chi connectivity index (χ1v) is 9.32. The Morgan fingerprint density at radius 1 is 1.21 bits per heavy atom. The van der Waals surface area contributed by atoms with Crippen LogP contribution in [-0.4, -0.2) is 44.5 Å². The van der Waals surface area contributed by atoms with Crippen LogP contribution in [0.2, 0.25) is 0 Å². The number of nitrogens with zero attached hydrogens (tertiary/aromatic N) is 1. The fourth-order valence-corrected chi connectivity index (χ4v) is 3.23. The topological polar surface area (TPSA) is 68.2 Å². The van der Waals surface area contributed by atoms with E-state index in [4.69, 9.17) is 14.2 Å². The van der Waals surface area contributed by atoms with Gasteiger partial charge in [-0.1, -0.05) is 24.3 Å². The van der Waals surface area contributed by atoms with E-state index in [9.17, 15) is 14.3 Å². The molecule has 0 radical (unpaired) electrons. The van der Waals surface area contributed by atoms with Crippen molar-refractivity contribution in [2.75, 3.05) is 38.3 Å². The number of ether oxygens (including phenoxy) is 3. The number of aliphatic carboxylic acids is 1. The van der Waals surface area contributed by atoms with E-state index < -0.39 is 11.8 Å². The number of hydrogen-bond donors (Lipinski definition) is 1. The maximum atomic E-state index is 14.6. The molecule has 2 aromatic carbocycles. The number of benzene rings is 2. The summed E-state index contributed by atoms with van der Waals surface area (Å²) >= 11 is 0. The number of hydrogen-bond acceptors (Lipinski definition) is 5. The van der Waals surface area contributed by atoms with E-state index in [0.717, 1.165) is 18.8 Å². The van der Waals surface area contributed by atoms with E-state index in [0.29, 0.717) is 24.3 Å². The summed E-state index contributed by atoms with van der Waals surface area (Å²) in [5.41, 5.74) is 1.93. The molecule has 0 bridgehead atoms. The molecule has 1 saturated heterocycles. The molecular weight excluding hydrogens is 377 g/mol. The molecule has 0 spiro atoms. The SMILES string of the molecule is COC(C)=C(C(=O)O)c1ccccc1COc1ccc(N2CCOCC2)cc1F. The van der Waals surface area contributed by atoms with Gasteiger partial charge < -0.3 is 24.2 Å². The molecule has 154 valence electrons. The molecule has 0 unspecified atom stereocenters. The average molecular weight is 401 g/mol. The quantitative estimate of drug-likeness (QED) is 0.564. The van der Waals surface area contributed by atoms with E-state index in [1.54, 1.807) is 37.3 Å². The number of morpholine rings is 1. The predicted octanol–water partition coefficient (Wildman–Crippen LogP) is 3.70. The van der Waals surface area contributed by atoms with E-state index in [1.165, 1.54) is 13.2 Å². The number of rotatable bonds is 7. The van der Waals surface area contributed by atoms with Crippen LogP contribution in [-0.2, 0) is 20.9 Å². The Kier molecular flexibility index (Phi) is 6.72. The van der Waals surface area contributed by atoms with Crippen LogP contribution in [0.25, 0.3) is 5.57 Å². The maximum Gasteiger partial charge on any atom is 0.339 e. The normalized spacial score (nSPS) is 14.9. The first kappa shape index (κ1) is 20.7. The first-order chi connectivity index (χ1) is 14.0. The van der Waals surface area contributed by atoms with Crippen LogP contribution >= 0.6 is 0 Å². The summed E-state index contributed by atoms with van der Waals surface area (Å²) in [5.74, 6) is -1.17. The summed E-state index contributed by atoms with van der Waals surface area (Å²) in [6.45, 7) is 4.29. The summed E-state index contributed by atoms with van der Waals surface area (Å²) in [6, 6.07) is 11.8. The summed E-state index contributed by atoms with van der Waals surface area (Å²) in [6.07, 6.45) is 0. The Morgan fingerprint density at radius 3 is 2.59 bits per heavy atom. The Balaban J connectivity index is 1.79. The molecule has 6 nitrogen and oxygen atoms in total. The zero-order valence-electron chi connectivity index (χ0n) is 16.5. The van der Waals surface area contributed by atoms with Gasteiger partial charge in [0.25, 0.3) is 0 Å². The highest BCUT2D eigenvalue weighted by Crippen LogP contribution is 2.28. The molecule has 0 aromatic heterocycles. The third kappa shape index (κ3) is 4.86. The lowest BCUT2D eigenvalue weighted by atomic mass is 9.99. The van der Waals surface area contributed by atoms with Crippen LogP contribution < -0.4 is 9.64 Å².